The maximum atomic E-state index is 11.1. The molecule has 3 heteroatoms. The highest BCUT2D eigenvalue weighted by atomic mass is 16.5. The number of hydrogen-bond acceptors (Lipinski definition) is 2. The minimum Gasteiger partial charge on any atom is -0.489 e. The first kappa shape index (κ1) is 15.3. The predicted molar refractivity (Wildman–Crippen MR) is 90.3 cm³/mol. The van der Waals surface area contributed by atoms with Gasteiger partial charge >= 0.3 is 5.97 Å². The minimum absolute atomic E-state index is 0.168. The number of carbonyl (C=O) groups is 1. The van der Waals surface area contributed by atoms with Gasteiger partial charge in [0.1, 0.15) is 12.4 Å². The van der Waals surface area contributed by atoms with E-state index in [4.69, 9.17) is 9.84 Å². The number of allylic oxidation sites excluding steroid dienone is 1. The van der Waals surface area contributed by atoms with Crippen molar-refractivity contribution >= 4 is 11.5 Å². The predicted octanol–water partition coefficient (Wildman–Crippen LogP) is 4.32. The third kappa shape index (κ3) is 3.29. The fourth-order valence-corrected chi connectivity index (χ4v) is 3.12. The van der Waals surface area contributed by atoms with E-state index in [0.29, 0.717) is 6.61 Å². The molecule has 0 heterocycles. The van der Waals surface area contributed by atoms with Crippen LogP contribution in [0, 0.1) is 5.41 Å². The van der Waals surface area contributed by atoms with Crippen LogP contribution in [0.1, 0.15) is 30.5 Å². The van der Waals surface area contributed by atoms with Gasteiger partial charge in [-0.25, -0.2) is 4.79 Å². The number of carboxylic acids is 1. The second-order valence-electron chi connectivity index (χ2n) is 6.55. The second kappa shape index (κ2) is 5.92. The highest BCUT2D eigenvalue weighted by Crippen LogP contribution is 2.47. The smallest absolute Gasteiger partial charge is 0.328 e. The van der Waals surface area contributed by atoms with E-state index in [1.807, 2.05) is 48.5 Å². The van der Waals surface area contributed by atoms with Crippen molar-refractivity contribution in [3.8, 4) is 5.75 Å². The maximum absolute atomic E-state index is 11.1. The second-order valence-corrected chi connectivity index (χ2v) is 6.55. The van der Waals surface area contributed by atoms with Gasteiger partial charge in [-0.2, -0.15) is 0 Å². The maximum Gasteiger partial charge on any atom is 0.328 e. The molecule has 0 fully saturated rings. The van der Waals surface area contributed by atoms with Crippen LogP contribution in [0.5, 0.6) is 5.75 Å². The van der Waals surface area contributed by atoms with Crippen LogP contribution in [0.25, 0.3) is 5.57 Å². The van der Waals surface area contributed by atoms with Gasteiger partial charge < -0.3 is 9.84 Å². The van der Waals surface area contributed by atoms with Gasteiger partial charge in [-0.3, -0.25) is 0 Å². The zero-order chi connectivity index (χ0) is 16.4. The lowest BCUT2D eigenvalue weighted by Crippen LogP contribution is -2.10. The first-order chi connectivity index (χ1) is 11.0. The van der Waals surface area contributed by atoms with Crippen LogP contribution in [-0.2, 0) is 17.8 Å². The molecular weight excluding hydrogens is 288 g/mol. The SMILES string of the molecule is CC1(C)Cc2ccc(OCc3ccccc3)cc2C1=CC(=O)O. The zero-order valence-electron chi connectivity index (χ0n) is 13.4. The van der Waals surface area contributed by atoms with Crippen molar-refractivity contribution in [2.75, 3.05) is 0 Å². The Kier molecular flexibility index (Phi) is 3.95. The first-order valence-electron chi connectivity index (χ1n) is 7.71. The zero-order valence-corrected chi connectivity index (χ0v) is 13.4. The van der Waals surface area contributed by atoms with Crippen LogP contribution in [0.2, 0.25) is 0 Å². The molecule has 0 bridgehead atoms. The molecule has 0 amide bonds. The Balaban J connectivity index is 1.86. The number of hydrogen-bond donors (Lipinski definition) is 1. The quantitative estimate of drug-likeness (QED) is 0.856. The molecule has 23 heavy (non-hydrogen) atoms. The summed E-state index contributed by atoms with van der Waals surface area (Å²) in [5, 5.41) is 9.15. The Morgan fingerprint density at radius 1 is 1.22 bits per heavy atom. The summed E-state index contributed by atoms with van der Waals surface area (Å²) in [5.41, 5.74) is 3.97. The normalized spacial score (nSPS) is 17.0. The van der Waals surface area contributed by atoms with E-state index in [9.17, 15) is 4.79 Å². The number of carboxylic acid groups (broad SMARTS) is 1. The van der Waals surface area contributed by atoms with Crippen LogP contribution < -0.4 is 4.74 Å². The number of fused-ring (bicyclic) bond motifs is 1. The average Bonchev–Trinajstić information content (AvgIpc) is 2.76. The standard InChI is InChI=1S/C20H20O3/c1-20(2)12-15-8-9-16(10-17(15)18(20)11-19(21)22)23-13-14-6-4-3-5-7-14/h3-11H,12-13H2,1-2H3,(H,21,22). The number of benzene rings is 2. The molecule has 0 saturated carbocycles. The third-order valence-electron chi connectivity index (χ3n) is 4.25. The first-order valence-corrected chi connectivity index (χ1v) is 7.71. The molecule has 0 unspecified atom stereocenters. The van der Waals surface area contributed by atoms with E-state index in [1.165, 1.54) is 11.6 Å². The molecule has 3 nitrogen and oxygen atoms in total. The molecule has 3 rings (SSSR count). The van der Waals surface area contributed by atoms with Crippen LogP contribution in [0.4, 0.5) is 0 Å². The van der Waals surface area contributed by atoms with Gasteiger partial charge in [-0.15, -0.1) is 0 Å². The van der Waals surface area contributed by atoms with E-state index >= 15 is 0 Å². The van der Waals surface area contributed by atoms with Crippen molar-refractivity contribution in [2.24, 2.45) is 5.41 Å². The lowest BCUT2D eigenvalue weighted by Gasteiger charge is -2.19. The molecule has 1 N–H and O–H groups in total. The summed E-state index contributed by atoms with van der Waals surface area (Å²) in [6.07, 6.45) is 2.17. The van der Waals surface area contributed by atoms with Crippen molar-refractivity contribution in [3.05, 3.63) is 71.3 Å². The van der Waals surface area contributed by atoms with Gasteiger partial charge in [0.15, 0.2) is 0 Å². The summed E-state index contributed by atoms with van der Waals surface area (Å²) in [7, 11) is 0. The molecule has 1 aliphatic rings. The lowest BCUT2D eigenvalue weighted by molar-refractivity contribution is -0.131. The molecule has 0 atom stereocenters. The van der Waals surface area contributed by atoms with Gasteiger partial charge in [0, 0.05) is 6.08 Å². The fraction of sp³-hybridized carbons (Fsp3) is 0.250. The van der Waals surface area contributed by atoms with Gasteiger partial charge in [0.25, 0.3) is 0 Å². The molecule has 2 aromatic carbocycles. The monoisotopic (exact) mass is 308 g/mol. The molecular formula is C20H20O3. The third-order valence-corrected chi connectivity index (χ3v) is 4.25. The Morgan fingerprint density at radius 2 is 1.96 bits per heavy atom. The molecule has 1 aliphatic carbocycles. The van der Waals surface area contributed by atoms with Gasteiger partial charge in [-0.05, 0) is 46.2 Å². The van der Waals surface area contributed by atoms with Crippen LogP contribution in [0.15, 0.2) is 54.6 Å². The molecule has 2 aromatic rings. The summed E-state index contributed by atoms with van der Waals surface area (Å²) >= 11 is 0. The lowest BCUT2D eigenvalue weighted by atomic mass is 9.85. The molecule has 0 saturated heterocycles. The molecule has 0 radical (unpaired) electrons. The Hall–Kier alpha value is -2.55. The summed E-state index contributed by atoms with van der Waals surface area (Å²) in [4.78, 5) is 11.1. The van der Waals surface area contributed by atoms with Crippen LogP contribution in [0.3, 0.4) is 0 Å². The molecule has 118 valence electrons. The fourth-order valence-electron chi connectivity index (χ4n) is 3.12. The molecule has 0 aliphatic heterocycles. The van der Waals surface area contributed by atoms with Crippen molar-refractivity contribution < 1.29 is 14.6 Å². The van der Waals surface area contributed by atoms with Crippen molar-refractivity contribution in [1.29, 1.82) is 0 Å². The minimum atomic E-state index is -0.906. The van der Waals surface area contributed by atoms with E-state index < -0.39 is 5.97 Å². The van der Waals surface area contributed by atoms with E-state index in [2.05, 4.69) is 13.8 Å². The van der Waals surface area contributed by atoms with E-state index in [1.54, 1.807) is 0 Å². The van der Waals surface area contributed by atoms with E-state index in [0.717, 1.165) is 28.9 Å². The Labute approximate surface area is 136 Å². The van der Waals surface area contributed by atoms with E-state index in [-0.39, 0.29) is 5.41 Å². The molecule has 0 aromatic heterocycles. The Morgan fingerprint density at radius 3 is 2.65 bits per heavy atom. The summed E-state index contributed by atoms with van der Waals surface area (Å²) in [6.45, 7) is 4.65. The largest absolute Gasteiger partial charge is 0.489 e. The van der Waals surface area contributed by atoms with Crippen LogP contribution in [-0.4, -0.2) is 11.1 Å². The summed E-state index contributed by atoms with van der Waals surface area (Å²) in [5.74, 6) is -0.141. The highest BCUT2D eigenvalue weighted by molar-refractivity contribution is 5.93. The van der Waals surface area contributed by atoms with Crippen molar-refractivity contribution in [2.45, 2.75) is 26.9 Å². The number of rotatable bonds is 4. The molecule has 0 spiro atoms. The summed E-state index contributed by atoms with van der Waals surface area (Å²) in [6, 6.07) is 15.9. The van der Waals surface area contributed by atoms with Crippen LogP contribution >= 0.6 is 0 Å². The van der Waals surface area contributed by atoms with Gasteiger partial charge in [0.05, 0.1) is 0 Å². The number of ether oxygens (including phenoxy) is 1. The summed E-state index contributed by atoms with van der Waals surface area (Å²) < 4.78 is 5.86. The van der Waals surface area contributed by atoms with Crippen molar-refractivity contribution in [1.82, 2.24) is 0 Å². The van der Waals surface area contributed by atoms with Gasteiger partial charge in [0.2, 0.25) is 0 Å². The average molecular weight is 308 g/mol. The van der Waals surface area contributed by atoms with Gasteiger partial charge in [-0.1, -0.05) is 50.2 Å². The highest BCUT2D eigenvalue weighted by Gasteiger charge is 2.34. The topological polar surface area (TPSA) is 46.5 Å². The number of aliphatic carboxylic acids is 1. The Bertz CT molecular complexity index is 758. The van der Waals surface area contributed by atoms with Crippen molar-refractivity contribution in [3.63, 3.8) is 0 Å².